The van der Waals surface area contributed by atoms with E-state index in [1.54, 1.807) is 11.8 Å². The Hall–Kier alpha value is -0.520. The maximum Gasteiger partial charge on any atom is 0.320 e. The highest BCUT2D eigenvalue weighted by atomic mass is 79.9. The Labute approximate surface area is 107 Å². The molecule has 1 saturated heterocycles. The van der Waals surface area contributed by atoms with Crippen molar-refractivity contribution in [3.63, 3.8) is 0 Å². The van der Waals surface area contributed by atoms with Crippen LogP contribution in [0.25, 0.3) is 0 Å². The van der Waals surface area contributed by atoms with Gasteiger partial charge < -0.3 is 10.4 Å². The Kier molecular flexibility index (Phi) is 3.89. The minimum absolute atomic E-state index is 0.349. The Morgan fingerprint density at radius 2 is 2.12 bits per heavy atom. The van der Waals surface area contributed by atoms with Crippen LogP contribution >= 0.6 is 27.7 Å². The highest BCUT2D eigenvalue weighted by Crippen LogP contribution is 2.29. The molecule has 3 nitrogen and oxygen atoms in total. The number of benzene rings is 1. The Balaban J connectivity index is 1.92. The highest BCUT2D eigenvalue weighted by Gasteiger charge is 2.29. The summed E-state index contributed by atoms with van der Waals surface area (Å²) in [6.45, 7) is 0.762. The predicted octanol–water partition coefficient (Wildman–Crippen LogP) is 2.36. The number of aliphatic carboxylic acids is 1. The van der Waals surface area contributed by atoms with E-state index in [0.717, 1.165) is 11.0 Å². The van der Waals surface area contributed by atoms with E-state index in [-0.39, 0.29) is 6.04 Å². The molecule has 1 aromatic carbocycles. The van der Waals surface area contributed by atoms with Gasteiger partial charge in [0.25, 0.3) is 0 Å². The van der Waals surface area contributed by atoms with Crippen molar-refractivity contribution in [1.29, 1.82) is 0 Å². The Morgan fingerprint density at radius 1 is 1.44 bits per heavy atom. The zero-order valence-corrected chi connectivity index (χ0v) is 10.9. The first kappa shape index (κ1) is 12.0. The lowest BCUT2D eigenvalue weighted by Gasteiger charge is -2.07. The molecule has 0 spiro atoms. The zero-order chi connectivity index (χ0) is 11.5. The van der Waals surface area contributed by atoms with Gasteiger partial charge >= 0.3 is 5.97 Å². The second kappa shape index (κ2) is 5.21. The van der Waals surface area contributed by atoms with E-state index in [9.17, 15) is 4.79 Å². The summed E-state index contributed by atoms with van der Waals surface area (Å²) in [4.78, 5) is 11.9. The van der Waals surface area contributed by atoms with Crippen LogP contribution in [0.1, 0.15) is 6.42 Å². The van der Waals surface area contributed by atoms with Crippen molar-refractivity contribution in [1.82, 2.24) is 5.32 Å². The van der Waals surface area contributed by atoms with Gasteiger partial charge in [0.05, 0.1) is 0 Å². The van der Waals surface area contributed by atoms with Crippen molar-refractivity contribution in [2.24, 2.45) is 0 Å². The van der Waals surface area contributed by atoms with E-state index >= 15 is 0 Å². The van der Waals surface area contributed by atoms with Gasteiger partial charge in [-0.2, -0.15) is 0 Å². The van der Waals surface area contributed by atoms with Crippen LogP contribution in [0.2, 0.25) is 0 Å². The summed E-state index contributed by atoms with van der Waals surface area (Å²) in [5, 5.41) is 12.2. The van der Waals surface area contributed by atoms with Crippen LogP contribution in [-0.4, -0.2) is 28.9 Å². The molecule has 0 unspecified atom stereocenters. The molecule has 2 N–H and O–H groups in total. The van der Waals surface area contributed by atoms with Crippen LogP contribution in [0.4, 0.5) is 0 Å². The monoisotopic (exact) mass is 301 g/mol. The summed E-state index contributed by atoms with van der Waals surface area (Å²) in [7, 11) is 0. The molecule has 2 rings (SSSR count). The number of hydrogen-bond acceptors (Lipinski definition) is 3. The third-order valence-corrected chi connectivity index (χ3v) is 4.27. The van der Waals surface area contributed by atoms with E-state index in [2.05, 4.69) is 21.2 Å². The molecule has 0 saturated carbocycles. The van der Waals surface area contributed by atoms with E-state index in [4.69, 9.17) is 5.11 Å². The number of rotatable bonds is 3. The normalized spacial score (nSPS) is 24.6. The molecule has 1 heterocycles. The number of carboxylic acids is 1. The number of carbonyl (C=O) groups is 1. The van der Waals surface area contributed by atoms with Crippen molar-refractivity contribution in [2.45, 2.75) is 22.6 Å². The molecule has 1 aromatic rings. The minimum Gasteiger partial charge on any atom is -0.480 e. The van der Waals surface area contributed by atoms with Gasteiger partial charge in [0.15, 0.2) is 0 Å². The Bertz CT molecular complexity index is 382. The number of hydrogen-bond donors (Lipinski definition) is 2. The molecule has 1 aliphatic heterocycles. The van der Waals surface area contributed by atoms with Crippen molar-refractivity contribution in [2.75, 3.05) is 6.54 Å². The van der Waals surface area contributed by atoms with Crippen LogP contribution in [0.15, 0.2) is 33.6 Å². The number of carboxylic acid groups (broad SMARTS) is 1. The number of thioether (sulfide) groups is 1. The van der Waals surface area contributed by atoms with Crippen LogP contribution in [0.5, 0.6) is 0 Å². The second-order valence-electron chi connectivity index (χ2n) is 3.73. The molecule has 86 valence electrons. The van der Waals surface area contributed by atoms with Crippen LogP contribution < -0.4 is 5.32 Å². The van der Waals surface area contributed by atoms with Gasteiger partial charge in [0.1, 0.15) is 6.04 Å². The molecular weight excluding hydrogens is 290 g/mol. The topological polar surface area (TPSA) is 49.3 Å². The second-order valence-corrected chi connectivity index (χ2v) is 6.02. The van der Waals surface area contributed by atoms with Crippen molar-refractivity contribution in [3.05, 3.63) is 28.7 Å². The number of halogens is 1. The molecule has 1 aliphatic rings. The summed E-state index contributed by atoms with van der Waals surface area (Å²) in [5.74, 6) is -0.751. The molecule has 5 heteroatoms. The fourth-order valence-corrected chi connectivity index (χ4v) is 3.10. The van der Waals surface area contributed by atoms with Gasteiger partial charge in [-0.15, -0.1) is 11.8 Å². The van der Waals surface area contributed by atoms with Crippen molar-refractivity contribution >= 4 is 33.7 Å². The standard InChI is InChI=1S/C11H12BrNO2S/c12-7-1-3-8(4-2-7)16-9-5-10(11(14)15)13-6-9/h1-4,9-10,13H,5-6H2,(H,14,15)/t9-,10-/m0/s1. The van der Waals surface area contributed by atoms with Crippen LogP contribution in [-0.2, 0) is 4.79 Å². The molecule has 0 aliphatic carbocycles. The number of nitrogens with one attached hydrogen (secondary N) is 1. The van der Waals surface area contributed by atoms with Gasteiger partial charge in [-0.25, -0.2) is 0 Å². The maximum atomic E-state index is 10.8. The summed E-state index contributed by atoms with van der Waals surface area (Å²) >= 11 is 5.12. The largest absolute Gasteiger partial charge is 0.480 e. The van der Waals surface area contributed by atoms with E-state index in [0.29, 0.717) is 11.7 Å². The average molecular weight is 302 g/mol. The summed E-state index contributed by atoms with van der Waals surface area (Å²) in [5.41, 5.74) is 0. The van der Waals surface area contributed by atoms with Crippen LogP contribution in [0.3, 0.4) is 0 Å². The minimum atomic E-state index is -0.751. The molecule has 0 amide bonds. The average Bonchev–Trinajstić information content (AvgIpc) is 2.70. The molecule has 0 radical (unpaired) electrons. The molecule has 0 aromatic heterocycles. The first-order valence-corrected chi connectivity index (χ1v) is 6.71. The van der Waals surface area contributed by atoms with E-state index in [1.807, 2.05) is 24.3 Å². The molecule has 1 fully saturated rings. The first-order chi connectivity index (χ1) is 7.65. The van der Waals surface area contributed by atoms with Gasteiger partial charge in [0, 0.05) is 21.2 Å². The summed E-state index contributed by atoms with van der Waals surface area (Å²) in [6.07, 6.45) is 0.691. The lowest BCUT2D eigenvalue weighted by molar-refractivity contribution is -0.139. The van der Waals surface area contributed by atoms with Gasteiger partial charge in [0.2, 0.25) is 0 Å². The summed E-state index contributed by atoms with van der Waals surface area (Å²) in [6, 6.07) is 7.71. The van der Waals surface area contributed by atoms with Gasteiger partial charge in [-0.05, 0) is 30.7 Å². The lowest BCUT2D eigenvalue weighted by atomic mass is 10.2. The lowest BCUT2D eigenvalue weighted by Crippen LogP contribution is -2.29. The quantitative estimate of drug-likeness (QED) is 0.900. The Morgan fingerprint density at radius 3 is 2.69 bits per heavy atom. The predicted molar refractivity (Wildman–Crippen MR) is 67.8 cm³/mol. The van der Waals surface area contributed by atoms with Gasteiger partial charge in [-0.1, -0.05) is 15.9 Å². The summed E-state index contributed by atoms with van der Waals surface area (Å²) < 4.78 is 1.06. The first-order valence-electron chi connectivity index (χ1n) is 5.03. The molecule has 2 atom stereocenters. The molecule has 0 bridgehead atoms. The SMILES string of the molecule is O=C(O)[C@@H]1C[C@H](Sc2ccc(Br)cc2)CN1. The van der Waals surface area contributed by atoms with E-state index in [1.165, 1.54) is 4.90 Å². The van der Waals surface area contributed by atoms with Gasteiger partial charge in [-0.3, -0.25) is 4.79 Å². The fourth-order valence-electron chi connectivity index (χ4n) is 1.69. The van der Waals surface area contributed by atoms with E-state index < -0.39 is 5.97 Å². The van der Waals surface area contributed by atoms with Crippen molar-refractivity contribution < 1.29 is 9.90 Å². The van der Waals surface area contributed by atoms with Crippen LogP contribution in [0, 0.1) is 0 Å². The molecule has 16 heavy (non-hydrogen) atoms. The maximum absolute atomic E-state index is 10.8. The highest BCUT2D eigenvalue weighted by molar-refractivity contribution is 9.10. The third kappa shape index (κ3) is 2.99. The molecular formula is C11H12BrNO2S. The fraction of sp³-hybridized carbons (Fsp3) is 0.364. The zero-order valence-electron chi connectivity index (χ0n) is 8.52. The smallest absolute Gasteiger partial charge is 0.320 e. The third-order valence-electron chi connectivity index (χ3n) is 2.50. The van der Waals surface area contributed by atoms with Crippen molar-refractivity contribution in [3.8, 4) is 0 Å².